The number of ketones is 1. The largest absolute Gasteiger partial charge is 0.328 e. The van der Waals surface area contributed by atoms with Gasteiger partial charge in [0.25, 0.3) is 0 Å². The van der Waals surface area contributed by atoms with Gasteiger partial charge in [0.05, 0.1) is 0 Å². The second-order valence-electron chi connectivity index (χ2n) is 2.84. The number of hydrogen-bond donors (Lipinski definition) is 1. The fourth-order valence-corrected chi connectivity index (χ4v) is 1.28. The van der Waals surface area contributed by atoms with Crippen LogP contribution in [0.1, 0.15) is 23.2 Å². The predicted molar refractivity (Wildman–Crippen MR) is 49.9 cm³/mol. The zero-order valence-electron chi connectivity index (χ0n) is 7.77. The van der Waals surface area contributed by atoms with Crippen LogP contribution >= 0.6 is 0 Å². The number of imidazole rings is 1. The monoisotopic (exact) mass is 190 g/mol. The lowest BCUT2D eigenvalue weighted by Gasteiger charge is -2.00. The summed E-state index contributed by atoms with van der Waals surface area (Å²) in [5.74, 6) is 0.311. The van der Waals surface area contributed by atoms with Gasteiger partial charge >= 0.3 is 0 Å². The number of hydrogen-bond acceptors (Lipinski definition) is 3. The lowest BCUT2D eigenvalue weighted by atomic mass is 10.3. The molecule has 2 heterocycles. The van der Waals surface area contributed by atoms with Gasteiger partial charge in [0.2, 0.25) is 5.78 Å². The van der Waals surface area contributed by atoms with Crippen molar-refractivity contribution in [3.63, 3.8) is 0 Å². The molecule has 0 atom stereocenters. The Balaban J connectivity index is 2.36. The van der Waals surface area contributed by atoms with Crippen LogP contribution in [0.25, 0.3) is 0 Å². The molecule has 2 aromatic rings. The number of aromatic nitrogens is 4. The molecule has 14 heavy (non-hydrogen) atoms. The van der Waals surface area contributed by atoms with Crippen LogP contribution in [0.5, 0.6) is 0 Å². The molecule has 0 aliphatic heterocycles. The van der Waals surface area contributed by atoms with Crippen molar-refractivity contribution in [3.8, 4) is 0 Å². The van der Waals surface area contributed by atoms with Gasteiger partial charge in [-0.15, -0.1) is 0 Å². The summed E-state index contributed by atoms with van der Waals surface area (Å²) in [6.07, 6.45) is 4.95. The molecular weight excluding hydrogens is 180 g/mol. The van der Waals surface area contributed by atoms with Gasteiger partial charge in [-0.1, -0.05) is 0 Å². The van der Waals surface area contributed by atoms with Crippen molar-refractivity contribution in [3.05, 3.63) is 36.2 Å². The SMILES string of the molecule is CCn1ccnc1C(=O)c1ccn[nH]1. The molecule has 0 saturated carbocycles. The summed E-state index contributed by atoms with van der Waals surface area (Å²) in [6, 6.07) is 1.64. The van der Waals surface area contributed by atoms with Crippen molar-refractivity contribution in [2.75, 3.05) is 0 Å². The molecule has 0 saturated heterocycles. The zero-order chi connectivity index (χ0) is 9.97. The van der Waals surface area contributed by atoms with Crippen LogP contribution in [0, 0.1) is 0 Å². The topological polar surface area (TPSA) is 63.6 Å². The quantitative estimate of drug-likeness (QED) is 0.730. The highest BCUT2D eigenvalue weighted by Crippen LogP contribution is 2.04. The average molecular weight is 190 g/mol. The van der Waals surface area contributed by atoms with E-state index in [1.807, 2.05) is 6.92 Å². The van der Waals surface area contributed by atoms with Crippen LogP contribution in [0.2, 0.25) is 0 Å². The maximum atomic E-state index is 11.8. The van der Waals surface area contributed by atoms with Crippen molar-refractivity contribution in [2.45, 2.75) is 13.5 Å². The molecule has 5 heteroatoms. The molecule has 0 bridgehead atoms. The van der Waals surface area contributed by atoms with E-state index in [9.17, 15) is 4.79 Å². The number of nitrogens with one attached hydrogen (secondary N) is 1. The fourth-order valence-electron chi connectivity index (χ4n) is 1.28. The van der Waals surface area contributed by atoms with Crippen LogP contribution in [-0.4, -0.2) is 25.5 Å². The summed E-state index contributed by atoms with van der Waals surface area (Å²) < 4.78 is 1.79. The van der Waals surface area contributed by atoms with E-state index in [2.05, 4.69) is 15.2 Å². The molecule has 72 valence electrons. The second-order valence-corrected chi connectivity index (χ2v) is 2.84. The Bertz CT molecular complexity index is 429. The number of carbonyl (C=O) groups is 1. The molecule has 0 unspecified atom stereocenters. The van der Waals surface area contributed by atoms with Crippen molar-refractivity contribution >= 4 is 5.78 Å². The first-order valence-corrected chi connectivity index (χ1v) is 4.38. The third kappa shape index (κ3) is 1.32. The van der Waals surface area contributed by atoms with Gasteiger partial charge in [-0.2, -0.15) is 5.10 Å². The molecular formula is C9H10N4O. The molecule has 0 amide bonds. The Kier molecular flexibility index (Phi) is 2.14. The number of aromatic amines is 1. The van der Waals surface area contributed by atoms with Gasteiger partial charge < -0.3 is 4.57 Å². The molecule has 0 aromatic carbocycles. The number of aryl methyl sites for hydroxylation is 1. The first-order valence-electron chi connectivity index (χ1n) is 4.38. The van der Waals surface area contributed by atoms with Gasteiger partial charge in [0.15, 0.2) is 5.82 Å². The normalized spacial score (nSPS) is 10.4. The standard InChI is InChI=1S/C9H10N4O/c1-2-13-6-5-10-9(13)8(14)7-3-4-11-12-7/h3-6H,2H2,1H3,(H,11,12). The molecule has 0 radical (unpaired) electrons. The van der Waals surface area contributed by atoms with E-state index in [1.54, 1.807) is 29.2 Å². The highest BCUT2D eigenvalue weighted by Gasteiger charge is 2.14. The van der Waals surface area contributed by atoms with E-state index in [4.69, 9.17) is 0 Å². The second kappa shape index (κ2) is 3.45. The lowest BCUT2D eigenvalue weighted by molar-refractivity contribution is 0.102. The molecule has 2 rings (SSSR count). The minimum atomic E-state index is -0.130. The van der Waals surface area contributed by atoms with E-state index < -0.39 is 0 Å². The molecule has 0 fully saturated rings. The Morgan fingerprint density at radius 3 is 3.07 bits per heavy atom. The first-order chi connectivity index (χ1) is 6.83. The van der Waals surface area contributed by atoms with Crippen molar-refractivity contribution in [1.82, 2.24) is 19.7 Å². The smallest absolute Gasteiger partial charge is 0.246 e. The van der Waals surface area contributed by atoms with Crippen LogP contribution in [0.15, 0.2) is 24.7 Å². The highest BCUT2D eigenvalue weighted by molar-refractivity contribution is 6.05. The van der Waals surface area contributed by atoms with E-state index in [0.29, 0.717) is 11.5 Å². The molecule has 0 spiro atoms. The molecule has 2 aromatic heterocycles. The van der Waals surface area contributed by atoms with Crippen LogP contribution < -0.4 is 0 Å². The van der Waals surface area contributed by atoms with E-state index in [0.717, 1.165) is 6.54 Å². The highest BCUT2D eigenvalue weighted by atomic mass is 16.1. The number of carbonyl (C=O) groups excluding carboxylic acids is 1. The van der Waals surface area contributed by atoms with Gasteiger partial charge in [-0.05, 0) is 13.0 Å². The van der Waals surface area contributed by atoms with Crippen molar-refractivity contribution in [1.29, 1.82) is 0 Å². The Morgan fingerprint density at radius 2 is 2.43 bits per heavy atom. The average Bonchev–Trinajstić information content (AvgIpc) is 2.87. The predicted octanol–water partition coefficient (Wildman–Crippen LogP) is 0.857. The summed E-state index contributed by atoms with van der Waals surface area (Å²) in [6.45, 7) is 2.70. The Labute approximate surface area is 80.8 Å². The fraction of sp³-hybridized carbons (Fsp3) is 0.222. The van der Waals surface area contributed by atoms with Crippen LogP contribution in [0.3, 0.4) is 0 Å². The van der Waals surface area contributed by atoms with Gasteiger partial charge in [0, 0.05) is 25.1 Å². The van der Waals surface area contributed by atoms with Gasteiger partial charge in [-0.25, -0.2) is 4.98 Å². The summed E-state index contributed by atoms with van der Waals surface area (Å²) in [5, 5.41) is 6.35. The van der Waals surface area contributed by atoms with Crippen molar-refractivity contribution < 1.29 is 4.79 Å². The van der Waals surface area contributed by atoms with Crippen LogP contribution in [0.4, 0.5) is 0 Å². The number of nitrogens with zero attached hydrogens (tertiary/aromatic N) is 3. The van der Waals surface area contributed by atoms with Gasteiger partial charge in [-0.3, -0.25) is 9.89 Å². The maximum absolute atomic E-state index is 11.8. The Hall–Kier alpha value is -1.91. The van der Waals surface area contributed by atoms with Crippen LogP contribution in [-0.2, 0) is 6.54 Å². The minimum Gasteiger partial charge on any atom is -0.328 e. The maximum Gasteiger partial charge on any atom is 0.246 e. The molecule has 5 nitrogen and oxygen atoms in total. The van der Waals surface area contributed by atoms with Crippen molar-refractivity contribution in [2.24, 2.45) is 0 Å². The summed E-state index contributed by atoms with van der Waals surface area (Å²) >= 11 is 0. The third-order valence-electron chi connectivity index (χ3n) is 2.00. The van der Waals surface area contributed by atoms with E-state index in [-0.39, 0.29) is 5.78 Å². The number of rotatable bonds is 3. The summed E-state index contributed by atoms with van der Waals surface area (Å²) in [7, 11) is 0. The molecule has 1 N–H and O–H groups in total. The third-order valence-corrected chi connectivity index (χ3v) is 2.00. The minimum absolute atomic E-state index is 0.130. The Morgan fingerprint density at radius 1 is 1.57 bits per heavy atom. The van der Waals surface area contributed by atoms with E-state index in [1.165, 1.54) is 0 Å². The van der Waals surface area contributed by atoms with E-state index >= 15 is 0 Å². The number of H-pyrrole nitrogens is 1. The molecule has 0 aliphatic carbocycles. The molecule has 0 aliphatic rings. The summed E-state index contributed by atoms with van der Waals surface area (Å²) in [5.41, 5.74) is 0.464. The lowest BCUT2D eigenvalue weighted by Crippen LogP contribution is -2.10. The summed E-state index contributed by atoms with van der Waals surface area (Å²) in [4.78, 5) is 15.8. The van der Waals surface area contributed by atoms with Gasteiger partial charge in [0.1, 0.15) is 5.69 Å². The first kappa shape index (κ1) is 8.68. The zero-order valence-corrected chi connectivity index (χ0v) is 7.77.